The maximum atomic E-state index is 10.2. The molecule has 0 fully saturated rings. The van der Waals surface area contributed by atoms with Crippen LogP contribution in [0.15, 0.2) is 0 Å². The van der Waals surface area contributed by atoms with Crippen LogP contribution >= 0.6 is 7.51 Å². The summed E-state index contributed by atoms with van der Waals surface area (Å²) in [6, 6.07) is 0. The van der Waals surface area contributed by atoms with Gasteiger partial charge in [-0.3, -0.25) is 0 Å². The van der Waals surface area contributed by atoms with E-state index in [0.29, 0.717) is 11.0 Å². The summed E-state index contributed by atoms with van der Waals surface area (Å²) in [6.45, 7) is 6.35. The molecule has 0 saturated heterocycles. The van der Waals surface area contributed by atoms with Gasteiger partial charge < -0.3 is 0 Å². The van der Waals surface area contributed by atoms with Gasteiger partial charge in [-0.1, -0.05) is 0 Å². The minimum atomic E-state index is -4.42. The quantitative estimate of drug-likeness (QED) is 0.480. The third-order valence-corrected chi connectivity index (χ3v) is 4.44. The van der Waals surface area contributed by atoms with Gasteiger partial charge in [-0.05, 0) is 0 Å². The fourth-order valence-electron chi connectivity index (χ4n) is 1.66. The van der Waals surface area contributed by atoms with E-state index < -0.39 is 7.51 Å². The van der Waals surface area contributed by atoms with Crippen LogP contribution in [0.25, 0.3) is 0 Å². The zero-order valence-electron chi connectivity index (χ0n) is 13.4. The molecule has 0 amide bonds. The molecule has 1 unspecified atom stereocenters. The van der Waals surface area contributed by atoms with E-state index >= 15 is 0 Å². The predicted octanol–water partition coefficient (Wildman–Crippen LogP) is 2.52. The van der Waals surface area contributed by atoms with Crippen molar-refractivity contribution < 1.29 is 23.3 Å². The molecule has 0 aliphatic rings. The first kappa shape index (κ1) is 19.2. The van der Waals surface area contributed by atoms with Crippen LogP contribution in [-0.4, -0.2) is 61.3 Å². The van der Waals surface area contributed by atoms with E-state index in [1.165, 1.54) is 6.66 Å². The molecule has 0 aromatic carbocycles. The van der Waals surface area contributed by atoms with Crippen LogP contribution in [0.5, 0.6) is 0 Å². The van der Waals surface area contributed by atoms with Crippen LogP contribution in [0, 0.1) is 0 Å². The molecule has 0 aromatic heterocycles. The van der Waals surface area contributed by atoms with Crippen molar-refractivity contribution in [2.24, 2.45) is 0 Å². The molecular weight excluding hydrogens is 265 g/mol. The molecule has 0 radical (unpaired) electrons. The molecule has 0 spiro atoms. The van der Waals surface area contributed by atoms with Crippen molar-refractivity contribution >= 4 is 7.51 Å². The van der Waals surface area contributed by atoms with Crippen molar-refractivity contribution in [3.8, 4) is 0 Å². The second-order valence-corrected chi connectivity index (χ2v) is 9.36. The van der Waals surface area contributed by atoms with Gasteiger partial charge in [-0.2, -0.15) is 0 Å². The van der Waals surface area contributed by atoms with Crippen molar-refractivity contribution in [2.45, 2.75) is 45.6 Å². The standard InChI is InChI=1S/C13H33NO4P/c1-7-9-10-13(8-2)18-19(6,15,16)17-12-11-14(3,4)5/h13,15-16H,7-12H2,1-6H3/q+1. The Morgan fingerprint density at radius 1 is 1.16 bits per heavy atom. The normalized spacial score (nSPS) is 16.9. The fraction of sp³-hybridized carbons (Fsp3) is 1.00. The van der Waals surface area contributed by atoms with Gasteiger partial charge in [0.1, 0.15) is 0 Å². The van der Waals surface area contributed by atoms with Crippen LogP contribution in [0.1, 0.15) is 39.5 Å². The van der Waals surface area contributed by atoms with E-state index in [1.54, 1.807) is 0 Å². The zero-order valence-corrected chi connectivity index (χ0v) is 14.3. The summed E-state index contributed by atoms with van der Waals surface area (Å²) in [7, 11) is 1.66. The van der Waals surface area contributed by atoms with E-state index in [0.717, 1.165) is 25.7 Å². The number of unbranched alkanes of at least 4 members (excludes halogenated alkanes) is 1. The van der Waals surface area contributed by atoms with Crippen LogP contribution in [-0.2, 0) is 9.05 Å². The Hall–Kier alpha value is 0.230. The molecule has 2 N–H and O–H groups in total. The Morgan fingerprint density at radius 2 is 1.74 bits per heavy atom. The molecule has 6 heteroatoms. The van der Waals surface area contributed by atoms with Crippen LogP contribution in [0.2, 0.25) is 0 Å². The molecule has 0 aromatic rings. The Balaban J connectivity index is 4.36. The number of nitrogens with zero attached hydrogens (tertiary/aromatic N) is 1. The van der Waals surface area contributed by atoms with Crippen molar-refractivity contribution in [2.75, 3.05) is 41.0 Å². The molecule has 0 heterocycles. The number of rotatable bonds is 10. The zero-order chi connectivity index (χ0) is 15.2. The summed E-state index contributed by atoms with van der Waals surface area (Å²) in [4.78, 5) is 20.4. The summed E-state index contributed by atoms with van der Waals surface area (Å²) in [5.74, 6) is 0. The molecule has 5 nitrogen and oxygen atoms in total. The van der Waals surface area contributed by atoms with Crippen LogP contribution < -0.4 is 0 Å². The third-order valence-electron chi connectivity index (χ3n) is 2.88. The van der Waals surface area contributed by atoms with Crippen LogP contribution in [0.3, 0.4) is 0 Å². The number of likely N-dealkylation sites (N-methyl/N-ethyl adjacent to an activating group) is 1. The van der Waals surface area contributed by atoms with E-state index in [4.69, 9.17) is 9.05 Å². The van der Waals surface area contributed by atoms with Crippen LogP contribution in [0.4, 0.5) is 0 Å². The van der Waals surface area contributed by atoms with Gasteiger partial charge in [0, 0.05) is 0 Å². The summed E-state index contributed by atoms with van der Waals surface area (Å²) in [5.41, 5.74) is 0. The Morgan fingerprint density at radius 3 is 2.16 bits per heavy atom. The van der Waals surface area contributed by atoms with E-state index in [9.17, 15) is 9.79 Å². The predicted molar refractivity (Wildman–Crippen MR) is 80.8 cm³/mol. The Labute approximate surface area is 118 Å². The molecule has 0 saturated carbocycles. The molecular formula is C13H33NO4P+. The van der Waals surface area contributed by atoms with E-state index in [2.05, 4.69) is 6.92 Å². The van der Waals surface area contributed by atoms with E-state index in [-0.39, 0.29) is 12.7 Å². The van der Waals surface area contributed by atoms with E-state index in [1.807, 2.05) is 28.1 Å². The van der Waals surface area contributed by atoms with Gasteiger partial charge in [0.05, 0.1) is 0 Å². The van der Waals surface area contributed by atoms with Gasteiger partial charge in [0.15, 0.2) is 0 Å². The number of hydrogen-bond donors (Lipinski definition) is 2. The average Bonchev–Trinajstić information content (AvgIpc) is 2.21. The first-order valence-corrected chi connectivity index (χ1v) is 9.55. The minimum absolute atomic E-state index is 0.151. The molecule has 19 heavy (non-hydrogen) atoms. The molecule has 0 rings (SSSR count). The molecule has 1 atom stereocenters. The SMILES string of the molecule is CCCCC(CC)OP(C)(O)(O)OCC[N+](C)(C)C. The second-order valence-electron chi connectivity index (χ2n) is 6.38. The monoisotopic (exact) mass is 298 g/mol. The van der Waals surface area contributed by atoms with Gasteiger partial charge >= 0.3 is 117 Å². The van der Waals surface area contributed by atoms with Crippen molar-refractivity contribution in [3.05, 3.63) is 0 Å². The average molecular weight is 298 g/mol. The number of hydrogen-bond acceptors (Lipinski definition) is 4. The van der Waals surface area contributed by atoms with Crippen molar-refractivity contribution in [1.29, 1.82) is 0 Å². The summed E-state index contributed by atoms with van der Waals surface area (Å²) in [5, 5.41) is 0. The Kier molecular flexibility index (Phi) is 7.39. The Bertz CT molecular complexity index is 258. The molecule has 118 valence electrons. The number of quaternary nitrogens is 1. The summed E-state index contributed by atoms with van der Waals surface area (Å²) in [6.07, 6.45) is 3.52. The van der Waals surface area contributed by atoms with Gasteiger partial charge in [-0.25, -0.2) is 0 Å². The van der Waals surface area contributed by atoms with Crippen molar-refractivity contribution in [1.82, 2.24) is 0 Å². The van der Waals surface area contributed by atoms with Crippen molar-refractivity contribution in [3.63, 3.8) is 0 Å². The first-order chi connectivity index (χ1) is 8.47. The summed E-state index contributed by atoms with van der Waals surface area (Å²) < 4.78 is 11.5. The topological polar surface area (TPSA) is 58.9 Å². The summed E-state index contributed by atoms with van der Waals surface area (Å²) >= 11 is 0. The fourth-order valence-corrected chi connectivity index (χ4v) is 3.17. The molecule has 0 bridgehead atoms. The first-order valence-electron chi connectivity index (χ1n) is 7.13. The molecule has 0 aliphatic carbocycles. The van der Waals surface area contributed by atoms with Gasteiger partial charge in [0.25, 0.3) is 0 Å². The second kappa shape index (κ2) is 7.30. The van der Waals surface area contributed by atoms with Gasteiger partial charge in [-0.15, -0.1) is 0 Å². The third kappa shape index (κ3) is 10.7. The van der Waals surface area contributed by atoms with Gasteiger partial charge in [0.2, 0.25) is 0 Å². The molecule has 0 aliphatic heterocycles. The maximum absolute atomic E-state index is 10.2.